The van der Waals surface area contributed by atoms with Crippen LogP contribution in [-0.2, 0) is 16.1 Å². The third-order valence-electron chi connectivity index (χ3n) is 3.89. The van der Waals surface area contributed by atoms with Crippen LogP contribution in [0.25, 0.3) is 17.0 Å². The maximum Gasteiger partial charge on any atom is 0.331 e. The van der Waals surface area contributed by atoms with Crippen LogP contribution in [0, 0.1) is 0 Å². The summed E-state index contributed by atoms with van der Waals surface area (Å²) in [6, 6.07) is 7.12. The number of nitrogens with zero attached hydrogens (tertiary/aromatic N) is 2. The van der Waals surface area contributed by atoms with Crippen LogP contribution < -0.4 is 5.32 Å². The van der Waals surface area contributed by atoms with E-state index in [0.29, 0.717) is 0 Å². The van der Waals surface area contributed by atoms with Crippen molar-refractivity contribution in [1.82, 2.24) is 14.8 Å². The second-order valence-electron chi connectivity index (χ2n) is 5.48. The molecule has 1 aliphatic heterocycles. The molecule has 1 fully saturated rings. The normalized spacial score (nSPS) is 17.2. The summed E-state index contributed by atoms with van der Waals surface area (Å²) >= 11 is 0. The summed E-state index contributed by atoms with van der Waals surface area (Å²) in [7, 11) is 1.35. The first-order valence-electron chi connectivity index (χ1n) is 7.46. The second kappa shape index (κ2) is 5.72. The lowest BCUT2D eigenvalue weighted by Crippen LogP contribution is -2.52. The quantitative estimate of drug-likeness (QED) is 0.697. The largest absolute Gasteiger partial charge is 0.347 e. The fourth-order valence-electron chi connectivity index (χ4n) is 2.72. The zero-order chi connectivity index (χ0) is 16.6. The smallest absolute Gasteiger partial charge is 0.331 e. The Balaban J connectivity index is 2.12. The van der Waals surface area contributed by atoms with E-state index in [4.69, 9.17) is 0 Å². The van der Waals surface area contributed by atoms with E-state index >= 15 is 0 Å². The van der Waals surface area contributed by atoms with Crippen LogP contribution in [0.3, 0.4) is 0 Å². The van der Waals surface area contributed by atoms with Crippen molar-refractivity contribution in [2.24, 2.45) is 0 Å². The highest BCUT2D eigenvalue weighted by Crippen LogP contribution is 2.25. The van der Waals surface area contributed by atoms with Gasteiger partial charge < -0.3 is 4.57 Å². The summed E-state index contributed by atoms with van der Waals surface area (Å²) in [5, 5.41) is 3.13. The number of hydrogen-bond acceptors (Lipinski definition) is 3. The van der Waals surface area contributed by atoms with Crippen LogP contribution in [0.1, 0.15) is 18.9 Å². The van der Waals surface area contributed by atoms with Crippen molar-refractivity contribution < 1.29 is 14.4 Å². The molecule has 1 aromatic carbocycles. The number of amides is 4. The van der Waals surface area contributed by atoms with Gasteiger partial charge >= 0.3 is 6.03 Å². The van der Waals surface area contributed by atoms with Gasteiger partial charge in [0.05, 0.1) is 0 Å². The van der Waals surface area contributed by atoms with Crippen molar-refractivity contribution in [1.29, 1.82) is 0 Å². The van der Waals surface area contributed by atoms with Crippen LogP contribution in [0.4, 0.5) is 4.79 Å². The van der Waals surface area contributed by atoms with E-state index in [9.17, 15) is 14.4 Å². The highest BCUT2D eigenvalue weighted by molar-refractivity contribution is 6.31. The molecule has 0 saturated carbocycles. The van der Waals surface area contributed by atoms with Crippen LogP contribution in [0.5, 0.6) is 0 Å². The highest BCUT2D eigenvalue weighted by atomic mass is 16.2. The third-order valence-corrected chi connectivity index (χ3v) is 3.89. The summed E-state index contributed by atoms with van der Waals surface area (Å²) in [4.78, 5) is 36.5. The molecule has 0 aliphatic carbocycles. The molecule has 1 saturated heterocycles. The number of para-hydroxylation sites is 1. The van der Waals surface area contributed by atoms with Crippen molar-refractivity contribution >= 4 is 34.8 Å². The molecule has 0 radical (unpaired) electrons. The molecule has 1 aromatic heterocycles. The van der Waals surface area contributed by atoms with Gasteiger partial charge in [-0.1, -0.05) is 25.1 Å². The molecule has 6 heteroatoms. The number of rotatable bonds is 3. The van der Waals surface area contributed by atoms with Crippen molar-refractivity contribution in [2.75, 3.05) is 7.05 Å². The topological polar surface area (TPSA) is 71.4 Å². The number of imide groups is 2. The van der Waals surface area contributed by atoms with Gasteiger partial charge in [-0.05, 0) is 18.6 Å². The first-order chi connectivity index (χ1) is 11.0. The predicted octanol–water partition coefficient (Wildman–Crippen LogP) is 2.14. The Morgan fingerprint density at radius 2 is 1.91 bits per heavy atom. The lowest BCUT2D eigenvalue weighted by atomic mass is 10.1. The van der Waals surface area contributed by atoms with Crippen LogP contribution in [-0.4, -0.2) is 34.4 Å². The molecule has 2 heterocycles. The second-order valence-corrected chi connectivity index (χ2v) is 5.48. The molecule has 2 aromatic rings. The SMILES string of the molecule is CCCn1cc(/C=C2/C(=O)NC(=O)N(C)C2=O)c2ccccc21. The number of likely N-dealkylation sites (N-methyl/N-ethyl adjacent to an activating group) is 1. The van der Waals surface area contributed by atoms with Gasteiger partial charge in [0, 0.05) is 36.3 Å². The summed E-state index contributed by atoms with van der Waals surface area (Å²) in [6.07, 6.45) is 4.46. The van der Waals surface area contributed by atoms with E-state index in [0.717, 1.165) is 34.3 Å². The minimum atomic E-state index is -0.703. The number of nitrogens with one attached hydrogen (secondary N) is 1. The molecule has 1 aliphatic rings. The van der Waals surface area contributed by atoms with E-state index in [2.05, 4.69) is 16.8 Å². The molecule has 0 atom stereocenters. The zero-order valence-corrected chi connectivity index (χ0v) is 13.0. The van der Waals surface area contributed by atoms with E-state index in [1.807, 2.05) is 30.5 Å². The fourth-order valence-corrected chi connectivity index (χ4v) is 2.72. The minimum Gasteiger partial charge on any atom is -0.347 e. The lowest BCUT2D eigenvalue weighted by Gasteiger charge is -2.22. The first-order valence-corrected chi connectivity index (χ1v) is 7.46. The van der Waals surface area contributed by atoms with Gasteiger partial charge in [0.1, 0.15) is 5.57 Å². The van der Waals surface area contributed by atoms with Crippen molar-refractivity contribution in [3.8, 4) is 0 Å². The Bertz CT molecular complexity index is 848. The third kappa shape index (κ3) is 2.52. The Morgan fingerprint density at radius 3 is 2.65 bits per heavy atom. The average molecular weight is 311 g/mol. The molecular formula is C17H17N3O3. The molecule has 4 amide bonds. The summed E-state index contributed by atoms with van der Waals surface area (Å²) in [5.41, 5.74) is 1.80. The van der Waals surface area contributed by atoms with Gasteiger partial charge in [0.15, 0.2) is 0 Å². The van der Waals surface area contributed by atoms with Crippen molar-refractivity contribution in [3.63, 3.8) is 0 Å². The molecule has 1 N–H and O–H groups in total. The Morgan fingerprint density at radius 1 is 1.17 bits per heavy atom. The number of aryl methyl sites for hydroxylation is 1. The number of benzene rings is 1. The van der Waals surface area contributed by atoms with Gasteiger partial charge in [0.25, 0.3) is 11.8 Å². The monoisotopic (exact) mass is 311 g/mol. The van der Waals surface area contributed by atoms with Gasteiger partial charge in [-0.15, -0.1) is 0 Å². The Hall–Kier alpha value is -2.89. The van der Waals surface area contributed by atoms with E-state index < -0.39 is 17.8 Å². The molecule has 0 unspecified atom stereocenters. The highest BCUT2D eigenvalue weighted by Gasteiger charge is 2.33. The fraction of sp³-hybridized carbons (Fsp3) is 0.235. The average Bonchev–Trinajstić information content (AvgIpc) is 2.88. The summed E-state index contributed by atoms with van der Waals surface area (Å²) < 4.78 is 2.10. The molecule has 0 bridgehead atoms. The summed E-state index contributed by atoms with van der Waals surface area (Å²) in [5.74, 6) is -1.25. The van der Waals surface area contributed by atoms with Gasteiger partial charge in [-0.25, -0.2) is 4.79 Å². The number of carbonyl (C=O) groups is 3. The molecule has 6 nitrogen and oxygen atoms in total. The Labute approximate surface area is 133 Å². The first kappa shape index (κ1) is 15.0. The predicted molar refractivity (Wildman–Crippen MR) is 86.5 cm³/mol. The number of barbiturate groups is 1. The summed E-state index contributed by atoms with van der Waals surface area (Å²) in [6.45, 7) is 2.94. The molecule has 0 spiro atoms. The van der Waals surface area contributed by atoms with Gasteiger partial charge in [0.2, 0.25) is 0 Å². The van der Waals surface area contributed by atoms with Crippen LogP contribution >= 0.6 is 0 Å². The van der Waals surface area contributed by atoms with Gasteiger partial charge in [-0.2, -0.15) is 0 Å². The van der Waals surface area contributed by atoms with Crippen LogP contribution in [0.15, 0.2) is 36.0 Å². The van der Waals surface area contributed by atoms with Gasteiger partial charge in [-0.3, -0.25) is 19.8 Å². The number of aromatic nitrogens is 1. The molecule has 118 valence electrons. The van der Waals surface area contributed by atoms with Crippen LogP contribution in [0.2, 0.25) is 0 Å². The molecule has 23 heavy (non-hydrogen) atoms. The standard InChI is InChI=1S/C17H17N3O3/c1-3-8-20-10-11(12-6-4-5-7-14(12)20)9-13-15(21)18-17(23)19(2)16(13)22/h4-7,9-10H,3,8H2,1-2H3,(H,18,21,23)/b13-9-. The number of urea groups is 1. The number of hydrogen-bond donors (Lipinski definition) is 1. The Kier molecular flexibility index (Phi) is 3.73. The number of carbonyl (C=O) groups excluding carboxylic acids is 3. The maximum absolute atomic E-state index is 12.2. The van der Waals surface area contributed by atoms with E-state index in [1.54, 1.807) is 6.08 Å². The number of fused-ring (bicyclic) bond motifs is 1. The van der Waals surface area contributed by atoms with E-state index in [-0.39, 0.29) is 5.57 Å². The minimum absolute atomic E-state index is 0.0356. The molecular weight excluding hydrogens is 294 g/mol. The van der Waals surface area contributed by atoms with E-state index in [1.165, 1.54) is 7.05 Å². The van der Waals surface area contributed by atoms with Crippen molar-refractivity contribution in [3.05, 3.63) is 41.6 Å². The van der Waals surface area contributed by atoms with Crippen molar-refractivity contribution in [2.45, 2.75) is 19.9 Å². The zero-order valence-electron chi connectivity index (χ0n) is 13.0. The lowest BCUT2D eigenvalue weighted by molar-refractivity contribution is -0.129. The molecule has 3 rings (SSSR count). The maximum atomic E-state index is 12.2.